The average Bonchev–Trinajstić information content (AvgIpc) is 3.06. The van der Waals surface area contributed by atoms with Crippen LogP contribution in [0.1, 0.15) is 22.3 Å². The van der Waals surface area contributed by atoms with E-state index in [-0.39, 0.29) is 12.5 Å². The molecule has 1 aromatic carbocycles. The minimum atomic E-state index is -0.590. The molecule has 1 atom stereocenters. The van der Waals surface area contributed by atoms with Crippen LogP contribution in [0.15, 0.2) is 59.3 Å². The van der Waals surface area contributed by atoms with Gasteiger partial charge in [0.1, 0.15) is 17.5 Å². The molecule has 0 saturated heterocycles. The predicted molar refractivity (Wildman–Crippen MR) is 77.7 cm³/mol. The van der Waals surface area contributed by atoms with Gasteiger partial charge in [-0.3, -0.25) is 9.78 Å². The lowest BCUT2D eigenvalue weighted by Gasteiger charge is -2.14. The number of benzene rings is 1. The van der Waals surface area contributed by atoms with Crippen molar-refractivity contribution < 1.29 is 14.3 Å². The van der Waals surface area contributed by atoms with Gasteiger partial charge in [0.05, 0.1) is 12.9 Å². The Morgan fingerprint density at radius 1 is 1.24 bits per heavy atom. The third kappa shape index (κ3) is 2.64. The molecule has 0 aliphatic rings. The highest BCUT2D eigenvalue weighted by Gasteiger charge is 2.19. The highest BCUT2D eigenvalue weighted by molar-refractivity contribution is 6.05. The fraction of sp³-hybridized carbons (Fsp3) is 0.125. The minimum absolute atomic E-state index is 0.246. The Balaban J connectivity index is 1.90. The topological polar surface area (TPSA) is 75.4 Å². The maximum Gasteiger partial charge on any atom is 0.271 e. The van der Waals surface area contributed by atoms with Crippen LogP contribution in [0.5, 0.6) is 0 Å². The number of nitrogens with zero attached hydrogens (tertiary/aromatic N) is 1. The standard InChI is InChI=1S/C16H14N2O3/c19-10-13(14-6-3-9-21-14)18-16(20)15-12-5-2-1-4-11(12)7-8-17-15/h1-9,13,19H,10H2,(H,18,20). The van der Waals surface area contributed by atoms with E-state index in [1.807, 2.05) is 30.3 Å². The van der Waals surface area contributed by atoms with E-state index in [1.165, 1.54) is 6.26 Å². The quantitative estimate of drug-likeness (QED) is 0.770. The summed E-state index contributed by atoms with van der Waals surface area (Å²) in [7, 11) is 0. The number of hydrogen-bond acceptors (Lipinski definition) is 4. The second-order valence-corrected chi connectivity index (χ2v) is 4.60. The molecule has 0 spiro atoms. The average molecular weight is 282 g/mol. The first-order chi connectivity index (χ1) is 10.3. The number of fused-ring (bicyclic) bond motifs is 1. The fourth-order valence-electron chi connectivity index (χ4n) is 2.22. The molecule has 0 aliphatic carbocycles. The van der Waals surface area contributed by atoms with Gasteiger partial charge in [-0.25, -0.2) is 0 Å². The van der Waals surface area contributed by atoms with Gasteiger partial charge in [-0.2, -0.15) is 0 Å². The Hall–Kier alpha value is -2.66. The van der Waals surface area contributed by atoms with Crippen molar-refractivity contribution in [3.05, 3.63) is 66.4 Å². The number of aliphatic hydroxyl groups excluding tert-OH is 1. The zero-order chi connectivity index (χ0) is 14.7. The lowest BCUT2D eigenvalue weighted by molar-refractivity contribution is 0.0904. The first kappa shape index (κ1) is 13.3. The molecule has 21 heavy (non-hydrogen) atoms. The van der Waals surface area contributed by atoms with Crippen LogP contribution in [0.4, 0.5) is 0 Å². The van der Waals surface area contributed by atoms with Gasteiger partial charge in [0, 0.05) is 11.6 Å². The van der Waals surface area contributed by atoms with Crippen molar-refractivity contribution in [3.63, 3.8) is 0 Å². The number of nitrogens with one attached hydrogen (secondary N) is 1. The number of hydrogen-bond donors (Lipinski definition) is 2. The number of aliphatic hydroxyl groups is 1. The van der Waals surface area contributed by atoms with Crippen LogP contribution >= 0.6 is 0 Å². The summed E-state index contributed by atoms with van der Waals surface area (Å²) in [6.07, 6.45) is 3.10. The SMILES string of the molecule is O=C(NC(CO)c1ccco1)c1nccc2ccccc12. The summed E-state index contributed by atoms with van der Waals surface area (Å²) in [6, 6.07) is 12.2. The number of rotatable bonds is 4. The fourth-order valence-corrected chi connectivity index (χ4v) is 2.22. The van der Waals surface area contributed by atoms with Gasteiger partial charge in [0.2, 0.25) is 0 Å². The molecule has 0 aliphatic heterocycles. The van der Waals surface area contributed by atoms with Crippen molar-refractivity contribution in [1.29, 1.82) is 0 Å². The maximum atomic E-state index is 12.4. The van der Waals surface area contributed by atoms with E-state index in [1.54, 1.807) is 18.3 Å². The van der Waals surface area contributed by atoms with Crippen molar-refractivity contribution in [2.24, 2.45) is 0 Å². The van der Waals surface area contributed by atoms with Gasteiger partial charge >= 0.3 is 0 Å². The monoisotopic (exact) mass is 282 g/mol. The largest absolute Gasteiger partial charge is 0.467 e. The lowest BCUT2D eigenvalue weighted by Crippen LogP contribution is -2.31. The first-order valence-electron chi connectivity index (χ1n) is 6.58. The molecule has 2 aromatic heterocycles. The molecule has 5 heteroatoms. The van der Waals surface area contributed by atoms with Gasteiger partial charge in [-0.05, 0) is 23.6 Å². The van der Waals surface area contributed by atoms with E-state index >= 15 is 0 Å². The molecular weight excluding hydrogens is 268 g/mol. The van der Waals surface area contributed by atoms with Crippen molar-refractivity contribution in [3.8, 4) is 0 Å². The van der Waals surface area contributed by atoms with Gasteiger partial charge in [-0.15, -0.1) is 0 Å². The summed E-state index contributed by atoms with van der Waals surface area (Å²) in [5.74, 6) is 0.160. The number of carbonyl (C=O) groups excluding carboxylic acids is 1. The molecule has 1 unspecified atom stereocenters. The van der Waals surface area contributed by atoms with E-state index in [0.717, 1.165) is 10.8 Å². The van der Waals surface area contributed by atoms with E-state index in [2.05, 4.69) is 10.3 Å². The smallest absolute Gasteiger partial charge is 0.271 e. The van der Waals surface area contributed by atoms with Crippen molar-refractivity contribution in [1.82, 2.24) is 10.3 Å². The van der Waals surface area contributed by atoms with Crippen molar-refractivity contribution >= 4 is 16.7 Å². The van der Waals surface area contributed by atoms with E-state index < -0.39 is 6.04 Å². The van der Waals surface area contributed by atoms with E-state index in [9.17, 15) is 9.90 Å². The first-order valence-corrected chi connectivity index (χ1v) is 6.58. The summed E-state index contributed by atoms with van der Waals surface area (Å²) in [5.41, 5.74) is 0.332. The maximum absolute atomic E-state index is 12.4. The Kier molecular flexibility index (Phi) is 3.66. The summed E-state index contributed by atoms with van der Waals surface area (Å²) in [4.78, 5) is 16.5. The lowest BCUT2D eigenvalue weighted by atomic mass is 10.1. The predicted octanol–water partition coefficient (Wildman–Crippen LogP) is 2.29. The van der Waals surface area contributed by atoms with Crippen LogP contribution in [0.2, 0.25) is 0 Å². The van der Waals surface area contributed by atoms with Crippen LogP contribution in [-0.2, 0) is 0 Å². The van der Waals surface area contributed by atoms with Gasteiger partial charge < -0.3 is 14.8 Å². The minimum Gasteiger partial charge on any atom is -0.467 e. The molecule has 1 amide bonds. The molecule has 106 valence electrons. The normalized spacial score (nSPS) is 12.2. The highest BCUT2D eigenvalue weighted by Crippen LogP contribution is 2.18. The second-order valence-electron chi connectivity index (χ2n) is 4.60. The van der Waals surface area contributed by atoms with Crippen LogP contribution in [0.3, 0.4) is 0 Å². The molecule has 3 rings (SSSR count). The highest BCUT2D eigenvalue weighted by atomic mass is 16.3. The second kappa shape index (κ2) is 5.76. The Morgan fingerprint density at radius 3 is 2.86 bits per heavy atom. The number of carbonyl (C=O) groups is 1. The number of pyridine rings is 1. The summed E-state index contributed by atoms with van der Waals surface area (Å²) in [5, 5.41) is 13.9. The van der Waals surface area contributed by atoms with Crippen LogP contribution in [0.25, 0.3) is 10.8 Å². The summed E-state index contributed by atoms with van der Waals surface area (Å²) in [6.45, 7) is -0.246. The molecule has 2 heterocycles. The molecule has 3 aromatic rings. The Labute approximate surface area is 121 Å². The van der Waals surface area contributed by atoms with Crippen molar-refractivity contribution in [2.75, 3.05) is 6.61 Å². The molecule has 0 bridgehead atoms. The zero-order valence-corrected chi connectivity index (χ0v) is 11.2. The number of aromatic nitrogens is 1. The van der Waals surface area contributed by atoms with E-state index in [0.29, 0.717) is 11.5 Å². The van der Waals surface area contributed by atoms with Crippen LogP contribution < -0.4 is 5.32 Å². The molecular formula is C16H14N2O3. The Morgan fingerprint density at radius 2 is 2.10 bits per heavy atom. The molecule has 0 fully saturated rings. The van der Waals surface area contributed by atoms with Gasteiger partial charge in [-0.1, -0.05) is 24.3 Å². The summed E-state index contributed by atoms with van der Waals surface area (Å²) >= 11 is 0. The van der Waals surface area contributed by atoms with E-state index in [4.69, 9.17) is 4.42 Å². The zero-order valence-electron chi connectivity index (χ0n) is 11.2. The number of amides is 1. The summed E-state index contributed by atoms with van der Waals surface area (Å²) < 4.78 is 5.22. The Bertz CT molecular complexity index is 748. The van der Waals surface area contributed by atoms with Gasteiger partial charge in [0.15, 0.2) is 0 Å². The van der Waals surface area contributed by atoms with Crippen molar-refractivity contribution in [2.45, 2.75) is 6.04 Å². The van der Waals surface area contributed by atoms with Gasteiger partial charge in [0.25, 0.3) is 5.91 Å². The molecule has 0 saturated carbocycles. The van der Waals surface area contributed by atoms with Crippen LogP contribution in [0, 0.1) is 0 Å². The molecule has 5 nitrogen and oxygen atoms in total. The van der Waals surface area contributed by atoms with Crippen LogP contribution in [-0.4, -0.2) is 22.6 Å². The number of furan rings is 1. The third-order valence-corrected chi connectivity index (χ3v) is 3.26. The third-order valence-electron chi connectivity index (χ3n) is 3.26. The molecule has 2 N–H and O–H groups in total. The molecule has 0 radical (unpaired) electrons.